The van der Waals surface area contributed by atoms with Crippen molar-refractivity contribution in [1.29, 1.82) is 0 Å². The van der Waals surface area contributed by atoms with Crippen LogP contribution in [0.5, 0.6) is 5.75 Å². The van der Waals surface area contributed by atoms with E-state index in [1.165, 1.54) is 0 Å². The maximum atomic E-state index is 13.0. The quantitative estimate of drug-likeness (QED) is 0.276. The van der Waals surface area contributed by atoms with Crippen molar-refractivity contribution in [2.24, 2.45) is 5.41 Å². The van der Waals surface area contributed by atoms with E-state index in [4.69, 9.17) is 4.74 Å². The fourth-order valence-electron chi connectivity index (χ4n) is 4.23. The molecule has 1 atom stereocenters. The predicted molar refractivity (Wildman–Crippen MR) is 153 cm³/mol. The molecule has 0 heterocycles. The molecule has 3 aromatic rings. The Morgan fingerprint density at radius 2 is 1.54 bits per heavy atom. The Morgan fingerprint density at radius 1 is 0.897 bits per heavy atom. The number of ketones is 1. The van der Waals surface area contributed by atoms with Crippen LogP contribution in [0, 0.1) is 5.41 Å². The number of carbonyl (C=O) groups excluding carboxylic acids is 2. The number of hydrogen-bond donors (Lipinski definition) is 2. The van der Waals surface area contributed by atoms with Crippen molar-refractivity contribution in [3.05, 3.63) is 95.6 Å². The van der Waals surface area contributed by atoms with E-state index in [1.807, 2.05) is 50.8 Å². The van der Waals surface area contributed by atoms with Crippen molar-refractivity contribution in [3.8, 4) is 5.75 Å². The van der Waals surface area contributed by atoms with Gasteiger partial charge in [-0.25, -0.2) is 4.79 Å². The number of para-hydroxylation sites is 1. The number of anilines is 1. The molecule has 3 rings (SSSR count). The van der Waals surface area contributed by atoms with Gasteiger partial charge in [0.2, 0.25) is 5.91 Å². The number of amides is 1. The van der Waals surface area contributed by atoms with Crippen molar-refractivity contribution in [2.75, 3.05) is 25.0 Å². The van der Waals surface area contributed by atoms with Crippen molar-refractivity contribution in [3.63, 3.8) is 0 Å². The van der Waals surface area contributed by atoms with Crippen molar-refractivity contribution in [2.45, 2.75) is 46.6 Å². The molecule has 3 aromatic carbocycles. The van der Waals surface area contributed by atoms with E-state index < -0.39 is 17.4 Å². The molecule has 39 heavy (non-hydrogen) atoms. The summed E-state index contributed by atoms with van der Waals surface area (Å²) in [5.41, 5.74) is 1.79. The zero-order valence-corrected chi connectivity index (χ0v) is 23.1. The molecule has 7 heteroatoms. The fraction of sp³-hybridized carbons (Fsp3) is 0.344. The number of nitrogens with zero attached hydrogens (tertiary/aromatic N) is 1. The Bertz CT molecular complexity index is 1250. The average molecular weight is 531 g/mol. The van der Waals surface area contributed by atoms with E-state index >= 15 is 0 Å². The molecule has 0 bridgehead atoms. The molecule has 1 unspecified atom stereocenters. The molecule has 7 nitrogen and oxygen atoms in total. The number of rotatable bonds is 13. The number of carboxylic acids is 1. The summed E-state index contributed by atoms with van der Waals surface area (Å²) >= 11 is 0. The smallest absolute Gasteiger partial charge is 0.326 e. The van der Waals surface area contributed by atoms with Crippen LogP contribution in [0.25, 0.3) is 0 Å². The van der Waals surface area contributed by atoms with Crippen LogP contribution in [0.4, 0.5) is 5.69 Å². The minimum absolute atomic E-state index is 0.0996. The van der Waals surface area contributed by atoms with E-state index in [0.29, 0.717) is 42.3 Å². The number of nitrogens with one attached hydrogen (secondary N) is 1. The van der Waals surface area contributed by atoms with Gasteiger partial charge in [0.1, 0.15) is 18.4 Å². The van der Waals surface area contributed by atoms with E-state index in [2.05, 4.69) is 5.32 Å². The SMILES string of the molecule is CCCN(CCOc1ccc(CC(Nc2ccccc2C(=O)c2ccccc2)C(=O)O)cc1)C(=O)C(C)(C)C. The van der Waals surface area contributed by atoms with Gasteiger partial charge in [-0.2, -0.15) is 0 Å². The molecular weight excluding hydrogens is 492 g/mol. The van der Waals surface area contributed by atoms with Gasteiger partial charge in [0, 0.05) is 35.2 Å². The van der Waals surface area contributed by atoms with Crippen molar-refractivity contribution >= 4 is 23.3 Å². The third-order valence-electron chi connectivity index (χ3n) is 6.25. The average Bonchev–Trinajstić information content (AvgIpc) is 2.92. The number of benzene rings is 3. The monoisotopic (exact) mass is 530 g/mol. The van der Waals surface area contributed by atoms with Gasteiger partial charge in [-0.1, -0.05) is 82.3 Å². The van der Waals surface area contributed by atoms with Crippen molar-refractivity contribution in [1.82, 2.24) is 4.90 Å². The molecular formula is C32H38N2O5. The Balaban J connectivity index is 1.63. The summed E-state index contributed by atoms with van der Waals surface area (Å²) < 4.78 is 5.87. The van der Waals surface area contributed by atoms with Gasteiger partial charge in [-0.05, 0) is 36.2 Å². The van der Waals surface area contributed by atoms with Gasteiger partial charge in [0.15, 0.2) is 5.78 Å². The van der Waals surface area contributed by atoms with E-state index in [9.17, 15) is 19.5 Å². The lowest BCUT2D eigenvalue weighted by Crippen LogP contribution is -2.42. The van der Waals surface area contributed by atoms with Crippen LogP contribution in [-0.2, 0) is 16.0 Å². The van der Waals surface area contributed by atoms with Gasteiger partial charge in [0.05, 0.1) is 6.54 Å². The highest BCUT2D eigenvalue weighted by Crippen LogP contribution is 2.22. The first-order valence-corrected chi connectivity index (χ1v) is 13.3. The number of aliphatic carboxylic acids is 1. The van der Waals surface area contributed by atoms with E-state index in [0.717, 1.165) is 12.0 Å². The minimum Gasteiger partial charge on any atom is -0.492 e. The van der Waals surface area contributed by atoms with Gasteiger partial charge in [-0.15, -0.1) is 0 Å². The summed E-state index contributed by atoms with van der Waals surface area (Å²) in [6.07, 6.45) is 1.09. The fourth-order valence-corrected chi connectivity index (χ4v) is 4.23. The summed E-state index contributed by atoms with van der Waals surface area (Å²) in [5, 5.41) is 13.0. The van der Waals surface area contributed by atoms with Crippen LogP contribution in [0.15, 0.2) is 78.9 Å². The summed E-state index contributed by atoms with van der Waals surface area (Å²) in [5.74, 6) is -0.442. The molecule has 2 N–H and O–H groups in total. The Hall–Kier alpha value is -4.13. The number of carbonyl (C=O) groups is 3. The Morgan fingerprint density at radius 3 is 2.15 bits per heavy atom. The topological polar surface area (TPSA) is 95.9 Å². The summed E-state index contributed by atoms with van der Waals surface area (Å²) in [4.78, 5) is 39.6. The predicted octanol–water partition coefficient (Wildman–Crippen LogP) is 5.69. The van der Waals surface area contributed by atoms with Crippen LogP contribution >= 0.6 is 0 Å². The summed E-state index contributed by atoms with van der Waals surface area (Å²) in [7, 11) is 0. The second kappa shape index (κ2) is 13.6. The van der Waals surface area contributed by atoms with Gasteiger partial charge in [-0.3, -0.25) is 9.59 Å². The Labute approximate surface area is 230 Å². The zero-order valence-electron chi connectivity index (χ0n) is 23.1. The highest BCUT2D eigenvalue weighted by molar-refractivity contribution is 6.12. The molecule has 1 amide bonds. The lowest BCUT2D eigenvalue weighted by molar-refractivity contribution is -0.140. The van der Waals surface area contributed by atoms with Crippen LogP contribution in [0.2, 0.25) is 0 Å². The van der Waals surface area contributed by atoms with Gasteiger partial charge in [0.25, 0.3) is 0 Å². The Kier molecular flexibility index (Phi) is 10.3. The second-order valence-electron chi connectivity index (χ2n) is 10.5. The molecule has 0 saturated heterocycles. The molecule has 206 valence electrons. The summed E-state index contributed by atoms with van der Waals surface area (Å²) in [6, 6.07) is 22.2. The third-order valence-corrected chi connectivity index (χ3v) is 6.25. The lowest BCUT2D eigenvalue weighted by Gasteiger charge is -2.29. The van der Waals surface area contributed by atoms with Crippen LogP contribution in [0.1, 0.15) is 55.6 Å². The van der Waals surface area contributed by atoms with Crippen molar-refractivity contribution < 1.29 is 24.2 Å². The normalized spacial score (nSPS) is 11.9. The largest absolute Gasteiger partial charge is 0.492 e. The molecule has 0 aliphatic rings. The first-order valence-electron chi connectivity index (χ1n) is 13.3. The molecule has 0 saturated carbocycles. The minimum atomic E-state index is -1.02. The highest BCUT2D eigenvalue weighted by Gasteiger charge is 2.26. The third kappa shape index (κ3) is 8.43. The van der Waals surface area contributed by atoms with Crippen LogP contribution in [-0.4, -0.2) is 53.4 Å². The van der Waals surface area contributed by atoms with Crippen LogP contribution in [0.3, 0.4) is 0 Å². The maximum Gasteiger partial charge on any atom is 0.326 e. The highest BCUT2D eigenvalue weighted by atomic mass is 16.5. The van der Waals surface area contributed by atoms with E-state index in [1.54, 1.807) is 60.7 Å². The zero-order chi connectivity index (χ0) is 28.4. The first kappa shape index (κ1) is 29.4. The number of carboxylic acid groups (broad SMARTS) is 1. The first-order chi connectivity index (χ1) is 18.6. The summed E-state index contributed by atoms with van der Waals surface area (Å²) in [6.45, 7) is 9.33. The molecule has 0 fully saturated rings. The lowest BCUT2D eigenvalue weighted by atomic mass is 9.94. The molecule has 0 spiro atoms. The number of hydrogen-bond acceptors (Lipinski definition) is 5. The van der Waals surface area contributed by atoms with Gasteiger partial charge < -0.3 is 20.1 Å². The van der Waals surface area contributed by atoms with Gasteiger partial charge >= 0.3 is 5.97 Å². The molecule has 0 aliphatic heterocycles. The number of ether oxygens (including phenoxy) is 1. The maximum absolute atomic E-state index is 13.0. The molecule has 0 aliphatic carbocycles. The van der Waals surface area contributed by atoms with Crippen LogP contribution < -0.4 is 10.1 Å². The second-order valence-corrected chi connectivity index (χ2v) is 10.5. The molecule has 0 aromatic heterocycles. The standard InChI is InChI=1S/C32H38N2O5/c1-5-19-34(31(38)32(2,3)4)20-21-39-25-17-15-23(16-18-25)22-28(30(36)37)33-27-14-10-9-13-26(27)29(35)24-11-7-6-8-12-24/h6-18,28,33H,5,19-22H2,1-4H3,(H,36,37). The molecule has 0 radical (unpaired) electrons. The van der Waals surface area contributed by atoms with E-state index in [-0.39, 0.29) is 18.1 Å².